The number of fused-ring (bicyclic) bond motifs is 1. The molecule has 1 aromatic heterocycles. The molecular formula is C11H11N5O. The number of carbonyl (C=O) groups excluding carboxylic acids is 1. The van der Waals surface area contributed by atoms with Crippen LogP contribution in [0.15, 0.2) is 42.9 Å². The summed E-state index contributed by atoms with van der Waals surface area (Å²) in [5, 5.41) is 3.20. The summed E-state index contributed by atoms with van der Waals surface area (Å²) in [6.45, 7) is 0. The molecule has 0 radical (unpaired) electrons. The van der Waals surface area contributed by atoms with E-state index in [1.54, 1.807) is 18.3 Å². The minimum Gasteiger partial charge on any atom is -0.246 e. The summed E-state index contributed by atoms with van der Waals surface area (Å²) in [4.78, 5) is 15.8. The van der Waals surface area contributed by atoms with E-state index in [1.165, 1.54) is 15.9 Å². The zero-order valence-electron chi connectivity index (χ0n) is 9.24. The first-order chi connectivity index (χ1) is 8.27. The molecule has 1 aromatic carbocycles. The molecule has 0 saturated heterocycles. The van der Waals surface area contributed by atoms with Gasteiger partial charge in [-0.15, -0.1) is 5.53 Å². The van der Waals surface area contributed by atoms with Crippen LogP contribution >= 0.6 is 0 Å². The standard InChI is InChI=1S/C11H11N5O/c1-14-11(17)15-8-12-7-10(15)16(13-14)9-5-3-2-4-6-9/h2-8,13H,1H3. The topological polar surface area (TPSA) is 53.4 Å². The maximum Gasteiger partial charge on any atom is 0.346 e. The molecular weight excluding hydrogens is 218 g/mol. The van der Waals surface area contributed by atoms with Crippen molar-refractivity contribution in [2.75, 3.05) is 12.1 Å². The van der Waals surface area contributed by atoms with Crippen LogP contribution in [0.4, 0.5) is 16.3 Å². The quantitative estimate of drug-likeness (QED) is 0.802. The fourth-order valence-electron chi connectivity index (χ4n) is 1.77. The minimum atomic E-state index is -0.162. The van der Waals surface area contributed by atoms with Crippen LogP contribution in [-0.4, -0.2) is 27.6 Å². The van der Waals surface area contributed by atoms with Crippen molar-refractivity contribution >= 4 is 17.5 Å². The lowest BCUT2D eigenvalue weighted by Crippen LogP contribution is -2.54. The minimum absolute atomic E-state index is 0.162. The SMILES string of the molecule is CN1NN(c2ccccc2)c2cncn2C1=O. The van der Waals surface area contributed by atoms with E-state index in [9.17, 15) is 4.79 Å². The summed E-state index contributed by atoms with van der Waals surface area (Å²) in [7, 11) is 1.67. The van der Waals surface area contributed by atoms with E-state index in [4.69, 9.17) is 0 Å². The second-order valence-electron chi connectivity index (χ2n) is 3.73. The van der Waals surface area contributed by atoms with Crippen molar-refractivity contribution in [1.29, 1.82) is 0 Å². The third-order valence-corrected chi connectivity index (χ3v) is 2.61. The van der Waals surface area contributed by atoms with Crippen LogP contribution in [0.25, 0.3) is 0 Å². The number of para-hydroxylation sites is 1. The van der Waals surface area contributed by atoms with Crippen molar-refractivity contribution in [2.24, 2.45) is 0 Å². The number of hydrazine groups is 2. The van der Waals surface area contributed by atoms with Crippen LogP contribution in [0.3, 0.4) is 0 Å². The Morgan fingerprint density at radius 2 is 2.00 bits per heavy atom. The lowest BCUT2D eigenvalue weighted by atomic mass is 10.3. The van der Waals surface area contributed by atoms with Crippen LogP contribution in [0.5, 0.6) is 0 Å². The van der Waals surface area contributed by atoms with Crippen LogP contribution in [0.1, 0.15) is 0 Å². The van der Waals surface area contributed by atoms with E-state index >= 15 is 0 Å². The molecule has 6 nitrogen and oxygen atoms in total. The highest BCUT2D eigenvalue weighted by Gasteiger charge is 2.27. The van der Waals surface area contributed by atoms with Gasteiger partial charge in [-0.1, -0.05) is 18.2 Å². The molecule has 0 saturated carbocycles. The van der Waals surface area contributed by atoms with Gasteiger partial charge >= 0.3 is 6.03 Å². The second-order valence-corrected chi connectivity index (χ2v) is 3.73. The van der Waals surface area contributed by atoms with E-state index in [1.807, 2.05) is 30.3 Å². The maximum absolute atomic E-state index is 11.8. The average molecular weight is 229 g/mol. The molecule has 2 aromatic rings. The molecule has 0 spiro atoms. The Kier molecular flexibility index (Phi) is 2.09. The number of amides is 1. The highest BCUT2D eigenvalue weighted by Crippen LogP contribution is 2.25. The van der Waals surface area contributed by atoms with Gasteiger partial charge in [0, 0.05) is 7.05 Å². The van der Waals surface area contributed by atoms with Crippen molar-refractivity contribution < 1.29 is 4.79 Å². The number of rotatable bonds is 1. The third-order valence-electron chi connectivity index (χ3n) is 2.61. The summed E-state index contributed by atoms with van der Waals surface area (Å²) in [6, 6.07) is 9.56. The molecule has 0 aliphatic carbocycles. The smallest absolute Gasteiger partial charge is 0.246 e. The number of nitrogens with one attached hydrogen (secondary N) is 1. The van der Waals surface area contributed by atoms with E-state index in [0.717, 1.165) is 5.69 Å². The number of imidazole rings is 1. The van der Waals surface area contributed by atoms with Gasteiger partial charge in [0.05, 0.1) is 11.9 Å². The van der Waals surface area contributed by atoms with E-state index in [0.29, 0.717) is 5.82 Å². The number of aromatic nitrogens is 2. The number of benzene rings is 1. The molecule has 17 heavy (non-hydrogen) atoms. The third kappa shape index (κ3) is 1.46. The molecule has 2 heterocycles. The summed E-state index contributed by atoms with van der Waals surface area (Å²) < 4.78 is 1.49. The van der Waals surface area contributed by atoms with Gasteiger partial charge < -0.3 is 0 Å². The summed E-state index contributed by atoms with van der Waals surface area (Å²) in [5.74, 6) is 0.694. The monoisotopic (exact) mass is 229 g/mol. The van der Waals surface area contributed by atoms with Crippen molar-refractivity contribution in [1.82, 2.24) is 20.1 Å². The van der Waals surface area contributed by atoms with Crippen LogP contribution in [0.2, 0.25) is 0 Å². The number of hydrogen-bond acceptors (Lipinski definition) is 4. The van der Waals surface area contributed by atoms with Gasteiger partial charge in [-0.2, -0.15) is 0 Å². The van der Waals surface area contributed by atoms with Crippen molar-refractivity contribution in [3.8, 4) is 0 Å². The molecule has 0 unspecified atom stereocenters. The Morgan fingerprint density at radius 1 is 1.24 bits per heavy atom. The molecule has 1 aliphatic heterocycles. The first-order valence-corrected chi connectivity index (χ1v) is 5.19. The predicted octanol–water partition coefficient (Wildman–Crippen LogP) is 1.35. The van der Waals surface area contributed by atoms with Crippen molar-refractivity contribution in [3.05, 3.63) is 42.9 Å². The van der Waals surface area contributed by atoms with Crippen molar-refractivity contribution in [3.63, 3.8) is 0 Å². The van der Waals surface area contributed by atoms with Crippen molar-refractivity contribution in [2.45, 2.75) is 0 Å². The van der Waals surface area contributed by atoms with Crippen LogP contribution in [-0.2, 0) is 0 Å². The largest absolute Gasteiger partial charge is 0.346 e. The lowest BCUT2D eigenvalue weighted by Gasteiger charge is -2.35. The fourth-order valence-corrected chi connectivity index (χ4v) is 1.77. The highest BCUT2D eigenvalue weighted by atomic mass is 16.2. The summed E-state index contributed by atoms with van der Waals surface area (Å²) in [6.07, 6.45) is 3.15. The lowest BCUT2D eigenvalue weighted by molar-refractivity contribution is 0.181. The molecule has 0 bridgehead atoms. The predicted molar refractivity (Wildman–Crippen MR) is 62.5 cm³/mol. The molecule has 0 fully saturated rings. The van der Waals surface area contributed by atoms with Gasteiger partial charge in [0.15, 0.2) is 5.82 Å². The van der Waals surface area contributed by atoms with Gasteiger partial charge in [0.2, 0.25) is 0 Å². The molecule has 6 heteroatoms. The highest BCUT2D eigenvalue weighted by molar-refractivity contribution is 5.83. The molecule has 1 amide bonds. The normalized spacial score (nSPS) is 15.0. The fraction of sp³-hybridized carbons (Fsp3) is 0.0909. The zero-order chi connectivity index (χ0) is 11.8. The average Bonchev–Trinajstić information content (AvgIpc) is 2.84. The van der Waals surface area contributed by atoms with Gasteiger partial charge in [-0.25, -0.2) is 24.4 Å². The number of hydrogen-bond donors (Lipinski definition) is 1. The zero-order valence-corrected chi connectivity index (χ0v) is 9.24. The molecule has 1 N–H and O–H groups in total. The van der Waals surface area contributed by atoms with Crippen LogP contribution < -0.4 is 10.5 Å². The molecule has 0 atom stereocenters. The second kappa shape index (κ2) is 3.60. The Labute approximate surface area is 98.0 Å². The van der Waals surface area contributed by atoms with E-state index in [-0.39, 0.29) is 6.03 Å². The Morgan fingerprint density at radius 3 is 2.76 bits per heavy atom. The number of anilines is 2. The molecule has 1 aliphatic rings. The first-order valence-electron chi connectivity index (χ1n) is 5.19. The maximum atomic E-state index is 11.8. The van der Waals surface area contributed by atoms with E-state index in [2.05, 4.69) is 10.5 Å². The molecule has 3 rings (SSSR count). The number of carbonyl (C=O) groups is 1. The number of nitrogens with zero attached hydrogens (tertiary/aromatic N) is 4. The first kappa shape index (κ1) is 9.86. The Hall–Kier alpha value is -2.34. The summed E-state index contributed by atoms with van der Waals surface area (Å²) >= 11 is 0. The van der Waals surface area contributed by atoms with E-state index < -0.39 is 0 Å². The summed E-state index contributed by atoms with van der Waals surface area (Å²) in [5.41, 5.74) is 3.92. The van der Waals surface area contributed by atoms with Gasteiger partial charge in [0.25, 0.3) is 0 Å². The van der Waals surface area contributed by atoms with Gasteiger partial charge in [-0.05, 0) is 12.1 Å². The van der Waals surface area contributed by atoms with Gasteiger partial charge in [0.1, 0.15) is 6.33 Å². The van der Waals surface area contributed by atoms with Crippen LogP contribution in [0, 0.1) is 0 Å². The molecule has 86 valence electrons. The Bertz CT molecular complexity index is 550. The Balaban J connectivity index is 2.09. The van der Waals surface area contributed by atoms with Gasteiger partial charge in [-0.3, -0.25) is 0 Å².